The molecule has 0 unspecified atom stereocenters. The summed E-state index contributed by atoms with van der Waals surface area (Å²) in [4.78, 5) is 10.6. The van der Waals surface area contributed by atoms with Crippen LogP contribution in [0.15, 0.2) is 24.8 Å². The molecular weight excluding hydrogens is 244 g/mol. The van der Waals surface area contributed by atoms with Crippen molar-refractivity contribution in [3.63, 3.8) is 0 Å². The summed E-state index contributed by atoms with van der Waals surface area (Å²) in [5.41, 5.74) is 0. The Balaban J connectivity index is 4.44. The molecule has 0 N–H and O–H groups in total. The monoisotopic (exact) mass is 270 g/mol. The van der Waals surface area contributed by atoms with E-state index in [0.29, 0.717) is 0 Å². The van der Waals surface area contributed by atoms with Crippen molar-refractivity contribution in [2.45, 2.75) is 51.9 Å². The van der Waals surface area contributed by atoms with Crippen LogP contribution in [-0.4, -0.2) is 27.0 Å². The third-order valence-electron chi connectivity index (χ3n) is 3.18. The lowest BCUT2D eigenvalue weighted by Crippen LogP contribution is -2.43. The third-order valence-corrected chi connectivity index (χ3v) is 7.65. The summed E-state index contributed by atoms with van der Waals surface area (Å²) in [5.74, 6) is -0.278. The van der Waals surface area contributed by atoms with E-state index in [1.807, 2.05) is 6.08 Å². The molecule has 0 fully saturated rings. The first-order valence-electron chi connectivity index (χ1n) is 6.20. The summed E-state index contributed by atoms with van der Waals surface area (Å²) >= 11 is 0. The molecule has 0 bridgehead atoms. The van der Waals surface area contributed by atoms with Crippen molar-refractivity contribution >= 4 is 14.3 Å². The zero-order valence-electron chi connectivity index (χ0n) is 12.4. The number of ether oxygens (including phenoxy) is 1. The average molecular weight is 270 g/mol. The van der Waals surface area contributed by atoms with Crippen LogP contribution in [0, 0.1) is 0 Å². The Morgan fingerprint density at radius 1 is 1.39 bits per heavy atom. The highest BCUT2D eigenvalue weighted by Gasteiger charge is 2.38. The summed E-state index contributed by atoms with van der Waals surface area (Å²) < 4.78 is 11.0. The van der Waals surface area contributed by atoms with Gasteiger partial charge in [0.15, 0.2) is 8.32 Å². The highest BCUT2D eigenvalue weighted by Crippen LogP contribution is 2.37. The fourth-order valence-electron chi connectivity index (χ4n) is 1.04. The van der Waals surface area contributed by atoms with E-state index in [1.54, 1.807) is 12.2 Å². The van der Waals surface area contributed by atoms with Gasteiger partial charge in [-0.1, -0.05) is 32.9 Å². The minimum atomic E-state index is -1.80. The zero-order chi connectivity index (χ0) is 14.4. The maximum Gasteiger partial charge on any atom is 0.302 e. The van der Waals surface area contributed by atoms with Gasteiger partial charge in [-0.3, -0.25) is 4.79 Å². The van der Waals surface area contributed by atoms with Crippen molar-refractivity contribution in [3.8, 4) is 0 Å². The van der Waals surface area contributed by atoms with Gasteiger partial charge in [0.1, 0.15) is 6.61 Å². The van der Waals surface area contributed by atoms with E-state index < -0.39 is 8.32 Å². The van der Waals surface area contributed by atoms with Crippen LogP contribution in [0.4, 0.5) is 0 Å². The van der Waals surface area contributed by atoms with E-state index in [0.717, 1.165) is 0 Å². The molecule has 0 saturated carbocycles. The first-order valence-corrected chi connectivity index (χ1v) is 9.11. The molecule has 0 aliphatic heterocycles. The second-order valence-corrected chi connectivity index (χ2v) is 10.6. The lowest BCUT2D eigenvalue weighted by atomic mass is 10.2. The Morgan fingerprint density at radius 2 is 1.94 bits per heavy atom. The summed E-state index contributed by atoms with van der Waals surface area (Å²) in [6, 6.07) is 0. The molecule has 0 radical (unpaired) electrons. The van der Waals surface area contributed by atoms with Gasteiger partial charge in [-0.15, -0.1) is 6.58 Å². The van der Waals surface area contributed by atoms with Crippen LogP contribution in [0.3, 0.4) is 0 Å². The molecule has 1 atom stereocenters. The van der Waals surface area contributed by atoms with Crippen molar-refractivity contribution in [3.05, 3.63) is 24.8 Å². The van der Waals surface area contributed by atoms with E-state index >= 15 is 0 Å². The van der Waals surface area contributed by atoms with Crippen molar-refractivity contribution in [1.82, 2.24) is 0 Å². The summed E-state index contributed by atoms with van der Waals surface area (Å²) in [6.07, 6.45) is 5.32. The summed E-state index contributed by atoms with van der Waals surface area (Å²) in [5, 5.41) is 0.165. The topological polar surface area (TPSA) is 35.5 Å². The van der Waals surface area contributed by atoms with Gasteiger partial charge in [0.05, 0.1) is 6.10 Å². The van der Waals surface area contributed by atoms with E-state index in [-0.39, 0.29) is 23.7 Å². The first kappa shape index (κ1) is 17.1. The van der Waals surface area contributed by atoms with Gasteiger partial charge in [0.25, 0.3) is 0 Å². The van der Waals surface area contributed by atoms with Crippen LogP contribution in [0.5, 0.6) is 0 Å². The van der Waals surface area contributed by atoms with E-state index in [2.05, 4.69) is 40.4 Å². The number of hydrogen-bond donors (Lipinski definition) is 0. The molecule has 104 valence electrons. The molecule has 0 saturated heterocycles. The fourth-order valence-corrected chi connectivity index (χ4v) is 2.25. The molecule has 0 aliphatic carbocycles. The first-order chi connectivity index (χ1) is 8.10. The van der Waals surface area contributed by atoms with Crippen LogP contribution in [-0.2, 0) is 14.0 Å². The van der Waals surface area contributed by atoms with Gasteiger partial charge in [-0.25, -0.2) is 0 Å². The Labute approximate surface area is 112 Å². The highest BCUT2D eigenvalue weighted by atomic mass is 28.4. The summed E-state index contributed by atoms with van der Waals surface area (Å²) in [7, 11) is -1.80. The van der Waals surface area contributed by atoms with Gasteiger partial charge in [-0.2, -0.15) is 0 Å². The van der Waals surface area contributed by atoms with Crippen LogP contribution >= 0.6 is 0 Å². The molecule has 0 aromatic carbocycles. The Bertz CT molecular complexity index is 313. The largest absolute Gasteiger partial charge is 0.462 e. The zero-order valence-corrected chi connectivity index (χ0v) is 13.4. The van der Waals surface area contributed by atoms with Crippen molar-refractivity contribution < 1.29 is 14.0 Å². The Kier molecular flexibility index (Phi) is 6.56. The maximum absolute atomic E-state index is 10.6. The molecule has 0 rings (SSSR count). The molecule has 3 nitrogen and oxygen atoms in total. The standard InChI is InChI=1S/C14H26O3Si/c1-8-13(10-9-11-16-12(2)15)17-18(6,7)14(3,4)5/h8-10,13H,1,11H2,2-7H3/b10-9+/t13-/m1/s1. The number of esters is 1. The van der Waals surface area contributed by atoms with Gasteiger partial charge >= 0.3 is 5.97 Å². The lowest BCUT2D eigenvalue weighted by Gasteiger charge is -2.38. The highest BCUT2D eigenvalue weighted by molar-refractivity contribution is 6.74. The van der Waals surface area contributed by atoms with E-state index in [9.17, 15) is 4.79 Å². The number of rotatable bonds is 6. The van der Waals surface area contributed by atoms with E-state index in [4.69, 9.17) is 9.16 Å². The minimum absolute atomic E-state index is 0.124. The molecular formula is C14H26O3Si. The molecule has 0 aliphatic rings. The lowest BCUT2D eigenvalue weighted by molar-refractivity contribution is -0.139. The Hall–Kier alpha value is -0.873. The number of carbonyl (C=O) groups excluding carboxylic acids is 1. The van der Waals surface area contributed by atoms with Crippen LogP contribution < -0.4 is 0 Å². The molecule has 0 aromatic rings. The van der Waals surface area contributed by atoms with E-state index in [1.165, 1.54) is 6.92 Å². The molecule has 4 heteroatoms. The maximum atomic E-state index is 10.6. The smallest absolute Gasteiger partial charge is 0.302 e. The van der Waals surface area contributed by atoms with Crippen molar-refractivity contribution in [2.75, 3.05) is 6.61 Å². The Morgan fingerprint density at radius 3 is 2.33 bits per heavy atom. The van der Waals surface area contributed by atoms with Gasteiger partial charge in [0, 0.05) is 6.92 Å². The number of hydrogen-bond acceptors (Lipinski definition) is 3. The van der Waals surface area contributed by atoms with Gasteiger partial charge in [-0.05, 0) is 24.2 Å². The molecule has 0 spiro atoms. The molecule has 0 aromatic heterocycles. The number of carbonyl (C=O) groups is 1. The summed E-state index contributed by atoms with van der Waals surface area (Å²) in [6.45, 7) is 16.4. The van der Waals surface area contributed by atoms with Crippen molar-refractivity contribution in [2.24, 2.45) is 0 Å². The quantitative estimate of drug-likeness (QED) is 0.419. The van der Waals surface area contributed by atoms with Gasteiger partial charge < -0.3 is 9.16 Å². The van der Waals surface area contributed by atoms with Crippen LogP contribution in [0.25, 0.3) is 0 Å². The van der Waals surface area contributed by atoms with Gasteiger partial charge in [0.2, 0.25) is 0 Å². The molecule has 0 heterocycles. The minimum Gasteiger partial charge on any atom is -0.462 e. The third kappa shape index (κ3) is 6.17. The second-order valence-electron chi connectivity index (χ2n) is 5.81. The van der Waals surface area contributed by atoms with Crippen molar-refractivity contribution in [1.29, 1.82) is 0 Å². The van der Waals surface area contributed by atoms with Crippen LogP contribution in [0.1, 0.15) is 27.7 Å². The van der Waals surface area contributed by atoms with Crippen LogP contribution in [0.2, 0.25) is 18.1 Å². The fraction of sp³-hybridized carbons (Fsp3) is 0.643. The SMILES string of the molecule is C=C[C@H](/C=C/COC(C)=O)O[Si](C)(C)C(C)(C)C. The average Bonchev–Trinajstić information content (AvgIpc) is 2.20. The molecule has 18 heavy (non-hydrogen) atoms. The predicted octanol–water partition coefficient (Wildman–Crippen LogP) is 3.68. The second kappa shape index (κ2) is 6.90. The normalized spacial score (nSPS) is 14.6. The molecule has 0 amide bonds. The predicted molar refractivity (Wildman–Crippen MR) is 78.0 cm³/mol.